The molecule has 16 heteroatoms. The van der Waals surface area contributed by atoms with Gasteiger partial charge in [-0.1, -0.05) is 78.8 Å². The van der Waals surface area contributed by atoms with Crippen molar-refractivity contribution in [2.75, 3.05) is 48.8 Å². The first-order chi connectivity index (χ1) is 24.6. The molecule has 0 spiro atoms. The van der Waals surface area contributed by atoms with Crippen molar-refractivity contribution in [3.8, 4) is 0 Å². The number of carbonyl (C=O) groups excluding carboxylic acids is 3. The highest BCUT2D eigenvalue weighted by molar-refractivity contribution is 8.01. The van der Waals surface area contributed by atoms with E-state index >= 15 is 0 Å². The van der Waals surface area contributed by atoms with Gasteiger partial charge in [-0.15, -0.1) is 0 Å². The summed E-state index contributed by atoms with van der Waals surface area (Å²) in [6.45, 7) is 15.4. The number of thioether (sulfide) groups is 3. The van der Waals surface area contributed by atoms with E-state index in [0.717, 1.165) is 62.2 Å². The van der Waals surface area contributed by atoms with Gasteiger partial charge in [0.15, 0.2) is 0 Å². The molecule has 1 aromatic rings. The van der Waals surface area contributed by atoms with Gasteiger partial charge in [0.1, 0.15) is 21.4 Å². The maximum atomic E-state index is 12.7. The molecular formula is C36H59N7O4S5. The van der Waals surface area contributed by atoms with Gasteiger partial charge in [0, 0.05) is 63.7 Å². The standard InChI is InChI=1S/C36H59N7O4S5/c1-35(2,3)51-19-16-38-31(48)25-21-24(22-26(41-25)32(49)39-17-20-52-36(4,5)6)40-34(46)47-18-12-8-7-11-15-37-29(44)14-10-9-13-28-30-27(23-50-28)42-33(45)43-30/h21-22,27-28,30H,7-20,23H2,1-6H3,(H,37,44)(H,38,48)(H,39,49)(H,40,41,46)(H2,42,43,45)/t27-,28-,30-/m0/s1. The van der Waals surface area contributed by atoms with Crippen LogP contribution in [0, 0.1) is 0 Å². The Labute approximate surface area is 334 Å². The molecule has 0 unspecified atom stereocenters. The smallest absolute Gasteiger partial charge is 0.411 e. The lowest BCUT2D eigenvalue weighted by Gasteiger charge is -2.18. The number of aromatic nitrogens is 1. The number of hydrogen-bond acceptors (Lipinski definition) is 10. The van der Waals surface area contributed by atoms with E-state index in [1.165, 1.54) is 0 Å². The minimum absolute atomic E-state index is 0.0613. The molecule has 11 nitrogen and oxygen atoms in total. The Balaban J connectivity index is 1.33. The van der Waals surface area contributed by atoms with Gasteiger partial charge in [0.2, 0.25) is 5.91 Å². The zero-order valence-electron chi connectivity index (χ0n) is 31.6. The topological polar surface area (TPSA) is 146 Å². The molecule has 6 N–H and O–H groups in total. The second-order valence-corrected chi connectivity index (χ2v) is 20.9. The molecular weight excluding hydrogens is 755 g/mol. The maximum absolute atomic E-state index is 12.7. The van der Waals surface area contributed by atoms with Gasteiger partial charge < -0.3 is 31.3 Å². The number of urea groups is 1. The second kappa shape index (κ2) is 22.4. The molecule has 0 radical (unpaired) electrons. The average molecular weight is 814 g/mol. The molecule has 52 heavy (non-hydrogen) atoms. The highest BCUT2D eigenvalue weighted by Gasteiger charge is 2.42. The number of ether oxygens (including phenoxy) is 1. The van der Waals surface area contributed by atoms with Crippen LogP contribution in [-0.4, -0.2) is 103 Å². The van der Waals surface area contributed by atoms with E-state index in [2.05, 4.69) is 73.4 Å². The summed E-state index contributed by atoms with van der Waals surface area (Å²) in [6.07, 6.45) is 6.24. The SMILES string of the molecule is CC(C)(C)SCCNC(=S)c1cc(NC(=O)OCCCCCCNC(=O)CCCC[C@@H]2SC[C@@H]3NC(=O)N[C@@H]32)cc(C(=S)NCCSC(C)(C)C)n1. The summed E-state index contributed by atoms with van der Waals surface area (Å²) >= 11 is 16.9. The van der Waals surface area contributed by atoms with E-state index in [9.17, 15) is 14.4 Å². The quantitative estimate of drug-likeness (QED) is 0.0451. The number of carbonyl (C=O) groups is 3. The first-order valence-electron chi connectivity index (χ1n) is 18.4. The minimum atomic E-state index is -0.549. The highest BCUT2D eigenvalue weighted by atomic mass is 32.2. The molecule has 3 atom stereocenters. The van der Waals surface area contributed by atoms with Crippen molar-refractivity contribution in [1.29, 1.82) is 0 Å². The molecule has 0 saturated carbocycles. The molecule has 4 amide bonds. The minimum Gasteiger partial charge on any atom is -0.449 e. The van der Waals surface area contributed by atoms with Crippen LogP contribution in [0.1, 0.15) is 104 Å². The Morgan fingerprint density at radius 1 is 0.865 bits per heavy atom. The summed E-state index contributed by atoms with van der Waals surface area (Å²) in [5.41, 5.74) is 1.57. The van der Waals surface area contributed by atoms with Crippen molar-refractivity contribution < 1.29 is 19.1 Å². The summed E-state index contributed by atoms with van der Waals surface area (Å²) in [5.74, 6) is 2.83. The molecule has 3 heterocycles. The van der Waals surface area contributed by atoms with E-state index in [0.29, 0.717) is 65.0 Å². The van der Waals surface area contributed by atoms with Crippen LogP contribution in [0.5, 0.6) is 0 Å². The monoisotopic (exact) mass is 813 g/mol. The number of hydrogen-bond donors (Lipinski definition) is 6. The van der Waals surface area contributed by atoms with Crippen LogP contribution in [0.15, 0.2) is 12.1 Å². The summed E-state index contributed by atoms with van der Waals surface area (Å²) in [7, 11) is 0. The third-order valence-corrected chi connectivity index (χ3v) is 12.9. The summed E-state index contributed by atoms with van der Waals surface area (Å²) in [5, 5.41) is 18.8. The van der Waals surface area contributed by atoms with Crippen LogP contribution >= 0.6 is 59.7 Å². The predicted molar refractivity (Wildman–Crippen MR) is 228 cm³/mol. The fourth-order valence-corrected chi connectivity index (χ4v) is 9.14. The van der Waals surface area contributed by atoms with E-state index in [1.807, 2.05) is 35.3 Å². The van der Waals surface area contributed by atoms with Crippen molar-refractivity contribution in [2.45, 2.75) is 120 Å². The number of unbranched alkanes of at least 4 members (excludes halogenated alkanes) is 4. The zero-order chi connectivity index (χ0) is 38.1. The first kappa shape index (κ1) is 44.4. The third kappa shape index (κ3) is 17.9. The van der Waals surface area contributed by atoms with Crippen molar-refractivity contribution in [2.24, 2.45) is 0 Å². The summed E-state index contributed by atoms with van der Waals surface area (Å²) in [4.78, 5) is 42.2. The fraction of sp³-hybridized carbons (Fsp3) is 0.722. The predicted octanol–water partition coefficient (Wildman–Crippen LogP) is 6.63. The van der Waals surface area contributed by atoms with Gasteiger partial charge in [-0.25, -0.2) is 14.6 Å². The number of nitrogens with one attached hydrogen (secondary N) is 6. The van der Waals surface area contributed by atoms with Crippen LogP contribution in [0.3, 0.4) is 0 Å². The molecule has 1 aromatic heterocycles. The molecule has 2 aliphatic heterocycles. The molecule has 3 rings (SSSR count). The number of thiocarbonyl (C=S) groups is 2. The van der Waals surface area contributed by atoms with Crippen molar-refractivity contribution >= 4 is 93.4 Å². The highest BCUT2D eigenvalue weighted by Crippen LogP contribution is 2.33. The van der Waals surface area contributed by atoms with Crippen LogP contribution in [0.2, 0.25) is 0 Å². The van der Waals surface area contributed by atoms with E-state index in [-0.39, 0.29) is 33.5 Å². The van der Waals surface area contributed by atoms with Gasteiger partial charge in [-0.05, 0) is 44.2 Å². The van der Waals surface area contributed by atoms with Crippen molar-refractivity contribution in [1.82, 2.24) is 31.6 Å². The molecule has 0 aromatic carbocycles. The van der Waals surface area contributed by atoms with Crippen molar-refractivity contribution in [3.05, 3.63) is 23.5 Å². The molecule has 0 bridgehead atoms. The average Bonchev–Trinajstić information content (AvgIpc) is 3.62. The van der Waals surface area contributed by atoms with Crippen LogP contribution < -0.4 is 31.9 Å². The Hall–Kier alpha value is -2.01. The van der Waals surface area contributed by atoms with E-state index in [4.69, 9.17) is 34.2 Å². The normalized spacial score (nSPS) is 18.2. The first-order valence-corrected chi connectivity index (χ1v) is 22.2. The van der Waals surface area contributed by atoms with E-state index < -0.39 is 6.09 Å². The Kier molecular flexibility index (Phi) is 19.1. The van der Waals surface area contributed by atoms with E-state index in [1.54, 1.807) is 12.1 Å². The van der Waals surface area contributed by atoms with Gasteiger partial charge in [0.05, 0.1) is 18.7 Å². The van der Waals surface area contributed by atoms with Gasteiger partial charge in [-0.2, -0.15) is 35.3 Å². The fourth-order valence-electron chi connectivity index (χ4n) is 5.55. The lowest BCUT2D eigenvalue weighted by Crippen LogP contribution is -2.36. The largest absolute Gasteiger partial charge is 0.449 e. The lowest BCUT2D eigenvalue weighted by atomic mass is 10.0. The van der Waals surface area contributed by atoms with Gasteiger partial charge >= 0.3 is 12.1 Å². The van der Waals surface area contributed by atoms with Gasteiger partial charge in [0.25, 0.3) is 0 Å². The number of nitrogens with zero attached hydrogens (tertiary/aromatic N) is 1. The van der Waals surface area contributed by atoms with Crippen molar-refractivity contribution in [3.63, 3.8) is 0 Å². The number of pyridine rings is 1. The summed E-state index contributed by atoms with van der Waals surface area (Å²) < 4.78 is 5.79. The van der Waals surface area contributed by atoms with Gasteiger partial charge in [-0.3, -0.25) is 10.1 Å². The maximum Gasteiger partial charge on any atom is 0.411 e. The molecule has 2 fully saturated rings. The lowest BCUT2D eigenvalue weighted by molar-refractivity contribution is -0.121. The molecule has 2 saturated heterocycles. The molecule has 2 aliphatic rings. The third-order valence-electron chi connectivity index (χ3n) is 8.09. The number of anilines is 1. The molecule has 292 valence electrons. The Bertz CT molecular complexity index is 1300. The number of fused-ring (bicyclic) bond motifs is 1. The number of amides is 4. The Morgan fingerprint density at radius 3 is 2.10 bits per heavy atom. The van der Waals surface area contributed by atoms with Crippen LogP contribution in [-0.2, 0) is 9.53 Å². The van der Waals surface area contributed by atoms with Crippen LogP contribution in [0.25, 0.3) is 0 Å². The van der Waals surface area contributed by atoms with Crippen LogP contribution in [0.4, 0.5) is 15.3 Å². The molecule has 0 aliphatic carbocycles. The number of rotatable bonds is 21. The Morgan fingerprint density at radius 2 is 1.48 bits per heavy atom. The summed E-state index contributed by atoms with van der Waals surface area (Å²) in [6, 6.07) is 3.87. The zero-order valence-corrected chi connectivity index (χ0v) is 35.7. The second-order valence-electron chi connectivity index (χ2n) is 15.0.